The summed E-state index contributed by atoms with van der Waals surface area (Å²) in [7, 11) is 1.61. The Balaban J connectivity index is 2.15. The monoisotopic (exact) mass is 279 g/mol. The van der Waals surface area contributed by atoms with E-state index in [2.05, 4.69) is 10.3 Å². The standard InChI is InChI=1S/C16H13N3O2/c1-21-14-9-7-12(8-10-14)16-15(11-20)17-18-19(16)13-5-3-2-4-6-13/h2-11H,1H3. The topological polar surface area (TPSA) is 57.0 Å². The van der Waals surface area contributed by atoms with Crippen molar-refractivity contribution in [3.8, 4) is 22.7 Å². The lowest BCUT2D eigenvalue weighted by atomic mass is 10.1. The quantitative estimate of drug-likeness (QED) is 0.689. The van der Waals surface area contributed by atoms with Crippen molar-refractivity contribution < 1.29 is 9.53 Å². The number of nitrogens with zero attached hydrogens (tertiary/aromatic N) is 3. The van der Waals surface area contributed by atoms with Gasteiger partial charge in [0.1, 0.15) is 11.4 Å². The third-order valence-corrected chi connectivity index (χ3v) is 3.17. The lowest BCUT2D eigenvalue weighted by Crippen LogP contribution is -1.99. The summed E-state index contributed by atoms with van der Waals surface area (Å²) in [5.41, 5.74) is 2.68. The predicted molar refractivity (Wildman–Crippen MR) is 78.7 cm³/mol. The maximum atomic E-state index is 11.2. The Morgan fingerprint density at radius 3 is 2.38 bits per heavy atom. The molecule has 0 spiro atoms. The smallest absolute Gasteiger partial charge is 0.172 e. The van der Waals surface area contributed by atoms with Gasteiger partial charge in [0.15, 0.2) is 12.0 Å². The lowest BCUT2D eigenvalue weighted by Gasteiger charge is -2.07. The Labute approximate surface area is 121 Å². The third kappa shape index (κ3) is 2.41. The molecule has 0 atom stereocenters. The van der Waals surface area contributed by atoms with Gasteiger partial charge in [0.05, 0.1) is 12.8 Å². The molecule has 5 nitrogen and oxygen atoms in total. The highest BCUT2D eigenvalue weighted by Gasteiger charge is 2.15. The summed E-state index contributed by atoms with van der Waals surface area (Å²) in [6.45, 7) is 0. The van der Waals surface area contributed by atoms with E-state index in [1.54, 1.807) is 11.8 Å². The van der Waals surface area contributed by atoms with Crippen LogP contribution in [0.4, 0.5) is 0 Å². The molecular formula is C16H13N3O2. The van der Waals surface area contributed by atoms with Crippen molar-refractivity contribution in [3.63, 3.8) is 0 Å². The van der Waals surface area contributed by atoms with Crippen molar-refractivity contribution in [1.29, 1.82) is 0 Å². The number of hydrogen-bond acceptors (Lipinski definition) is 4. The second-order valence-electron chi connectivity index (χ2n) is 4.42. The fourth-order valence-electron chi connectivity index (χ4n) is 2.14. The van der Waals surface area contributed by atoms with Crippen LogP contribution in [0, 0.1) is 0 Å². The zero-order chi connectivity index (χ0) is 14.7. The number of rotatable bonds is 4. The van der Waals surface area contributed by atoms with Crippen molar-refractivity contribution in [3.05, 3.63) is 60.3 Å². The highest BCUT2D eigenvalue weighted by molar-refractivity contribution is 5.84. The number of benzene rings is 2. The van der Waals surface area contributed by atoms with Crippen LogP contribution in [-0.2, 0) is 0 Å². The first kappa shape index (κ1) is 13.1. The molecule has 3 aromatic rings. The van der Waals surface area contributed by atoms with Crippen LogP contribution in [0.15, 0.2) is 54.6 Å². The van der Waals surface area contributed by atoms with Crippen LogP contribution in [-0.4, -0.2) is 28.4 Å². The molecule has 0 amide bonds. The summed E-state index contributed by atoms with van der Waals surface area (Å²) < 4.78 is 6.81. The molecule has 1 aromatic heterocycles. The van der Waals surface area contributed by atoms with Crippen LogP contribution >= 0.6 is 0 Å². The minimum Gasteiger partial charge on any atom is -0.497 e. The van der Waals surface area contributed by atoms with Crippen molar-refractivity contribution in [1.82, 2.24) is 15.0 Å². The third-order valence-electron chi connectivity index (χ3n) is 3.17. The van der Waals surface area contributed by atoms with Crippen LogP contribution in [0.5, 0.6) is 5.75 Å². The number of aromatic nitrogens is 3. The number of methoxy groups -OCH3 is 1. The maximum absolute atomic E-state index is 11.2. The average Bonchev–Trinajstić information content (AvgIpc) is 2.99. The molecule has 21 heavy (non-hydrogen) atoms. The van der Waals surface area contributed by atoms with Crippen molar-refractivity contribution in [2.45, 2.75) is 0 Å². The van der Waals surface area contributed by atoms with E-state index in [4.69, 9.17) is 4.74 Å². The van der Waals surface area contributed by atoms with Gasteiger partial charge in [-0.15, -0.1) is 5.10 Å². The average molecular weight is 279 g/mol. The number of carbonyl (C=O) groups is 1. The Kier molecular flexibility index (Phi) is 3.47. The van der Waals surface area contributed by atoms with Crippen molar-refractivity contribution >= 4 is 6.29 Å². The zero-order valence-electron chi connectivity index (χ0n) is 11.4. The van der Waals surface area contributed by atoms with E-state index in [1.807, 2.05) is 54.6 Å². The summed E-state index contributed by atoms with van der Waals surface area (Å²) in [5.74, 6) is 0.755. The lowest BCUT2D eigenvalue weighted by molar-refractivity contribution is 0.111. The normalized spacial score (nSPS) is 10.3. The van der Waals surface area contributed by atoms with Gasteiger partial charge >= 0.3 is 0 Å². The maximum Gasteiger partial charge on any atom is 0.172 e. The highest BCUT2D eigenvalue weighted by Crippen LogP contribution is 2.26. The Morgan fingerprint density at radius 1 is 1.05 bits per heavy atom. The Hall–Kier alpha value is -2.95. The highest BCUT2D eigenvalue weighted by atomic mass is 16.5. The molecular weight excluding hydrogens is 266 g/mol. The SMILES string of the molecule is COc1ccc(-c2c(C=O)nnn2-c2ccccc2)cc1. The number of aldehydes is 1. The molecule has 5 heteroatoms. The second-order valence-corrected chi connectivity index (χ2v) is 4.42. The first-order valence-electron chi connectivity index (χ1n) is 6.44. The molecule has 1 heterocycles. The molecule has 0 unspecified atom stereocenters. The molecule has 0 radical (unpaired) electrons. The second kappa shape index (κ2) is 5.58. The van der Waals surface area contributed by atoms with Gasteiger partial charge in [-0.2, -0.15) is 0 Å². The van der Waals surface area contributed by atoms with Crippen LogP contribution in [0.3, 0.4) is 0 Å². The van der Waals surface area contributed by atoms with Gasteiger partial charge in [-0.25, -0.2) is 4.68 Å². The number of ether oxygens (including phenoxy) is 1. The van der Waals surface area contributed by atoms with Gasteiger partial charge in [-0.05, 0) is 36.4 Å². The van der Waals surface area contributed by atoms with Crippen LogP contribution in [0.2, 0.25) is 0 Å². The molecule has 0 saturated heterocycles. The molecule has 0 aliphatic rings. The largest absolute Gasteiger partial charge is 0.497 e. The van der Waals surface area contributed by atoms with Crippen molar-refractivity contribution in [2.24, 2.45) is 0 Å². The summed E-state index contributed by atoms with van der Waals surface area (Å²) >= 11 is 0. The van der Waals surface area contributed by atoms with Gasteiger partial charge in [0, 0.05) is 5.56 Å². The number of carbonyl (C=O) groups excluding carboxylic acids is 1. The summed E-state index contributed by atoms with van der Waals surface area (Å²) in [6.07, 6.45) is 0.714. The summed E-state index contributed by atoms with van der Waals surface area (Å²) in [4.78, 5) is 11.2. The fraction of sp³-hybridized carbons (Fsp3) is 0.0625. The molecule has 0 aliphatic carbocycles. The molecule has 0 saturated carbocycles. The summed E-state index contributed by atoms with van der Waals surface area (Å²) in [5, 5.41) is 8.02. The molecule has 2 aromatic carbocycles. The minimum absolute atomic E-state index is 0.309. The Morgan fingerprint density at radius 2 is 1.76 bits per heavy atom. The summed E-state index contributed by atoms with van der Waals surface area (Å²) in [6, 6.07) is 17.0. The Bertz CT molecular complexity index is 749. The zero-order valence-corrected chi connectivity index (χ0v) is 11.4. The molecule has 0 fully saturated rings. The van der Waals surface area contributed by atoms with Gasteiger partial charge < -0.3 is 4.74 Å². The molecule has 3 rings (SSSR count). The van der Waals surface area contributed by atoms with E-state index in [9.17, 15) is 4.79 Å². The van der Waals surface area contributed by atoms with E-state index in [0.29, 0.717) is 17.7 Å². The first-order valence-corrected chi connectivity index (χ1v) is 6.44. The fourth-order valence-corrected chi connectivity index (χ4v) is 2.14. The van der Waals surface area contributed by atoms with Crippen LogP contribution < -0.4 is 4.74 Å². The number of hydrogen-bond donors (Lipinski definition) is 0. The van der Waals surface area contributed by atoms with Gasteiger partial charge in [-0.3, -0.25) is 4.79 Å². The molecule has 104 valence electrons. The molecule has 0 N–H and O–H groups in total. The van der Waals surface area contributed by atoms with Gasteiger partial charge in [-0.1, -0.05) is 23.4 Å². The van der Waals surface area contributed by atoms with E-state index in [0.717, 1.165) is 17.0 Å². The predicted octanol–water partition coefficient (Wildman–Crippen LogP) is 2.76. The van der Waals surface area contributed by atoms with Gasteiger partial charge in [0.2, 0.25) is 0 Å². The van der Waals surface area contributed by atoms with E-state index in [-0.39, 0.29) is 0 Å². The molecule has 0 bridgehead atoms. The van der Waals surface area contributed by atoms with E-state index in [1.165, 1.54) is 0 Å². The van der Waals surface area contributed by atoms with Crippen molar-refractivity contribution in [2.75, 3.05) is 7.11 Å². The van der Waals surface area contributed by atoms with Crippen LogP contribution in [0.25, 0.3) is 16.9 Å². The number of para-hydroxylation sites is 1. The minimum atomic E-state index is 0.309. The van der Waals surface area contributed by atoms with E-state index >= 15 is 0 Å². The van der Waals surface area contributed by atoms with Crippen LogP contribution in [0.1, 0.15) is 10.5 Å². The van der Waals surface area contributed by atoms with E-state index < -0.39 is 0 Å². The molecule has 0 aliphatic heterocycles. The van der Waals surface area contributed by atoms with Gasteiger partial charge in [0.25, 0.3) is 0 Å². The first-order chi connectivity index (χ1) is 10.3.